The Morgan fingerprint density at radius 2 is 1.68 bits per heavy atom. The van der Waals surface area contributed by atoms with E-state index in [-0.39, 0.29) is 11.5 Å². The van der Waals surface area contributed by atoms with Crippen molar-refractivity contribution < 1.29 is 23.9 Å². The van der Waals surface area contributed by atoms with Gasteiger partial charge in [0.2, 0.25) is 0 Å². The summed E-state index contributed by atoms with van der Waals surface area (Å²) in [5.74, 6) is -1.21. The predicted octanol–water partition coefficient (Wildman–Crippen LogP) is 3.57. The molecule has 0 unspecified atom stereocenters. The van der Waals surface area contributed by atoms with Gasteiger partial charge in [0.15, 0.2) is 0 Å². The fourth-order valence-corrected chi connectivity index (χ4v) is 4.02. The summed E-state index contributed by atoms with van der Waals surface area (Å²) in [5, 5.41) is 0. The molecule has 2 heterocycles. The minimum absolute atomic E-state index is 0.236. The normalized spacial score (nSPS) is 15.1. The van der Waals surface area contributed by atoms with Crippen LogP contribution < -0.4 is 0 Å². The molecule has 0 radical (unpaired) electrons. The predicted molar refractivity (Wildman–Crippen MR) is 117 cm³/mol. The first-order valence-corrected chi connectivity index (χ1v) is 9.96. The number of allylic oxidation sites excluding steroid dienone is 1. The van der Waals surface area contributed by atoms with Crippen LogP contribution in [-0.4, -0.2) is 48.1 Å². The van der Waals surface area contributed by atoms with Crippen LogP contribution in [0.25, 0.3) is 11.8 Å². The summed E-state index contributed by atoms with van der Waals surface area (Å²) < 4.78 is 11.8. The number of benzene rings is 1. The zero-order chi connectivity index (χ0) is 22.9. The Balaban J connectivity index is 2.18. The van der Waals surface area contributed by atoms with Gasteiger partial charge in [0.05, 0.1) is 36.6 Å². The van der Waals surface area contributed by atoms with Crippen LogP contribution >= 0.6 is 0 Å². The van der Waals surface area contributed by atoms with Crippen molar-refractivity contribution >= 4 is 23.9 Å². The van der Waals surface area contributed by atoms with Crippen molar-refractivity contribution in [2.75, 3.05) is 20.8 Å². The maximum atomic E-state index is 13.0. The van der Waals surface area contributed by atoms with E-state index in [0.29, 0.717) is 29.1 Å². The first kappa shape index (κ1) is 22.1. The van der Waals surface area contributed by atoms with Crippen molar-refractivity contribution in [3.63, 3.8) is 0 Å². The van der Waals surface area contributed by atoms with E-state index in [9.17, 15) is 14.4 Å². The first-order valence-electron chi connectivity index (χ1n) is 9.96. The van der Waals surface area contributed by atoms with Gasteiger partial charge in [0.25, 0.3) is 5.91 Å². The molecule has 1 aliphatic heterocycles. The third-order valence-corrected chi connectivity index (χ3v) is 5.54. The lowest BCUT2D eigenvalue weighted by Gasteiger charge is -2.14. The summed E-state index contributed by atoms with van der Waals surface area (Å²) in [4.78, 5) is 39.2. The number of carbonyl (C=O) groups is 3. The van der Waals surface area contributed by atoms with Crippen LogP contribution in [0.3, 0.4) is 0 Å². The molecular formula is C24H26N2O5. The largest absolute Gasteiger partial charge is 0.465 e. The molecule has 1 aromatic heterocycles. The first-order chi connectivity index (χ1) is 14.8. The molecule has 1 aromatic carbocycles. The SMILES string of the molecule is CCN1C(=O)/C(=C\c2cc(C)n(-c3ccccc3C(=O)OC)c2C)C(C(=O)OC)=C1C. The van der Waals surface area contributed by atoms with Crippen molar-refractivity contribution in [1.82, 2.24) is 9.47 Å². The van der Waals surface area contributed by atoms with E-state index in [4.69, 9.17) is 9.47 Å². The number of rotatable bonds is 5. The number of amides is 1. The number of aromatic nitrogens is 1. The lowest BCUT2D eigenvalue weighted by atomic mass is 10.0. The van der Waals surface area contributed by atoms with Crippen molar-refractivity contribution in [2.45, 2.75) is 27.7 Å². The zero-order valence-electron chi connectivity index (χ0n) is 18.6. The molecule has 0 bridgehead atoms. The van der Waals surface area contributed by atoms with Crippen LogP contribution in [-0.2, 0) is 19.1 Å². The van der Waals surface area contributed by atoms with Crippen LogP contribution in [0, 0.1) is 13.8 Å². The van der Waals surface area contributed by atoms with Crippen LogP contribution in [0.4, 0.5) is 0 Å². The lowest BCUT2D eigenvalue weighted by Crippen LogP contribution is -2.24. The second-order valence-electron chi connectivity index (χ2n) is 7.23. The lowest BCUT2D eigenvalue weighted by molar-refractivity contribution is -0.136. The molecule has 0 saturated carbocycles. The highest BCUT2D eigenvalue weighted by molar-refractivity contribution is 6.16. The Labute approximate surface area is 181 Å². The third-order valence-electron chi connectivity index (χ3n) is 5.54. The zero-order valence-corrected chi connectivity index (χ0v) is 18.6. The summed E-state index contributed by atoms with van der Waals surface area (Å²) in [5.41, 5.74) is 4.74. The van der Waals surface area contributed by atoms with Crippen molar-refractivity contribution in [1.29, 1.82) is 0 Å². The number of likely N-dealkylation sites (N-methyl/N-ethyl adjacent to an activating group) is 1. The second-order valence-corrected chi connectivity index (χ2v) is 7.23. The number of carbonyl (C=O) groups excluding carboxylic acids is 3. The maximum absolute atomic E-state index is 13.0. The second kappa shape index (κ2) is 8.63. The van der Waals surface area contributed by atoms with Gasteiger partial charge in [-0.05, 0) is 57.5 Å². The van der Waals surface area contributed by atoms with Gasteiger partial charge >= 0.3 is 11.9 Å². The van der Waals surface area contributed by atoms with Crippen LogP contribution in [0.15, 0.2) is 47.2 Å². The molecule has 7 heteroatoms. The summed E-state index contributed by atoms with van der Waals surface area (Å²) in [6, 6.07) is 9.09. The van der Waals surface area contributed by atoms with Gasteiger partial charge in [0, 0.05) is 23.6 Å². The fraction of sp³-hybridized carbons (Fsp3) is 0.292. The topological polar surface area (TPSA) is 77.8 Å². The highest BCUT2D eigenvalue weighted by Gasteiger charge is 2.36. The van der Waals surface area contributed by atoms with Crippen molar-refractivity contribution in [2.24, 2.45) is 0 Å². The molecule has 3 rings (SSSR count). The van der Waals surface area contributed by atoms with E-state index < -0.39 is 11.9 Å². The molecule has 0 aliphatic carbocycles. The van der Waals surface area contributed by atoms with Gasteiger partial charge in [-0.1, -0.05) is 12.1 Å². The number of nitrogens with zero attached hydrogens (tertiary/aromatic N) is 2. The Hall–Kier alpha value is -3.61. The van der Waals surface area contributed by atoms with Gasteiger partial charge in [-0.2, -0.15) is 0 Å². The molecule has 31 heavy (non-hydrogen) atoms. The molecule has 0 N–H and O–H groups in total. The van der Waals surface area contributed by atoms with Crippen LogP contribution in [0.1, 0.15) is 41.2 Å². The molecule has 1 aliphatic rings. The number of hydrogen-bond donors (Lipinski definition) is 0. The Kier molecular flexibility index (Phi) is 6.15. The monoisotopic (exact) mass is 422 g/mol. The summed E-state index contributed by atoms with van der Waals surface area (Å²) in [7, 11) is 2.65. The molecule has 0 spiro atoms. The van der Waals surface area contributed by atoms with Gasteiger partial charge in [-0.25, -0.2) is 9.59 Å². The Bertz CT molecular complexity index is 1140. The number of ether oxygens (including phenoxy) is 2. The van der Waals surface area contributed by atoms with E-state index in [0.717, 1.165) is 17.0 Å². The molecule has 162 valence electrons. The summed E-state index contributed by atoms with van der Waals surface area (Å²) >= 11 is 0. The minimum atomic E-state index is -0.544. The highest BCUT2D eigenvalue weighted by Crippen LogP contribution is 2.33. The standard InChI is InChI=1S/C24H26N2O5/c1-7-25-16(4)21(24(29)31-6)19(22(25)27)13-17-12-14(2)26(15(17)3)20-11-9-8-10-18(20)23(28)30-5/h8-13H,7H2,1-6H3/b19-13-. The number of methoxy groups -OCH3 is 2. The van der Waals surface area contributed by atoms with E-state index in [1.807, 2.05) is 43.5 Å². The molecule has 1 amide bonds. The van der Waals surface area contributed by atoms with Crippen LogP contribution in [0.2, 0.25) is 0 Å². The fourth-order valence-electron chi connectivity index (χ4n) is 4.02. The molecule has 2 aromatic rings. The van der Waals surface area contributed by atoms with Crippen molar-refractivity contribution in [3.05, 3.63) is 69.7 Å². The van der Waals surface area contributed by atoms with E-state index in [1.165, 1.54) is 14.2 Å². The van der Waals surface area contributed by atoms with Gasteiger partial charge in [-0.15, -0.1) is 0 Å². The smallest absolute Gasteiger partial charge is 0.340 e. The van der Waals surface area contributed by atoms with E-state index >= 15 is 0 Å². The molecular weight excluding hydrogens is 396 g/mol. The van der Waals surface area contributed by atoms with Gasteiger partial charge in [0.1, 0.15) is 0 Å². The van der Waals surface area contributed by atoms with Gasteiger partial charge < -0.3 is 18.9 Å². The quantitative estimate of drug-likeness (QED) is 0.544. The molecule has 0 saturated heterocycles. The number of esters is 2. The number of hydrogen-bond acceptors (Lipinski definition) is 5. The Morgan fingerprint density at radius 1 is 1.03 bits per heavy atom. The third kappa shape index (κ3) is 3.67. The average molecular weight is 422 g/mol. The van der Waals surface area contributed by atoms with E-state index in [2.05, 4.69) is 0 Å². The van der Waals surface area contributed by atoms with Crippen molar-refractivity contribution in [3.8, 4) is 5.69 Å². The molecule has 0 atom stereocenters. The molecule has 7 nitrogen and oxygen atoms in total. The maximum Gasteiger partial charge on any atom is 0.340 e. The van der Waals surface area contributed by atoms with Gasteiger partial charge in [-0.3, -0.25) is 4.79 Å². The van der Waals surface area contributed by atoms with Crippen LogP contribution in [0.5, 0.6) is 0 Å². The molecule has 0 fully saturated rings. The average Bonchev–Trinajstić information content (AvgIpc) is 3.18. The summed E-state index contributed by atoms with van der Waals surface area (Å²) in [6.07, 6.45) is 1.72. The highest BCUT2D eigenvalue weighted by atomic mass is 16.5. The number of aryl methyl sites for hydroxylation is 1. The summed E-state index contributed by atoms with van der Waals surface area (Å²) in [6.45, 7) is 7.87. The Morgan fingerprint density at radius 3 is 2.29 bits per heavy atom. The number of para-hydroxylation sites is 1. The van der Waals surface area contributed by atoms with E-state index in [1.54, 1.807) is 30.0 Å². The minimum Gasteiger partial charge on any atom is -0.465 e.